The van der Waals surface area contributed by atoms with Crippen molar-refractivity contribution in [1.82, 2.24) is 54.6 Å². The number of rotatable bonds is 10. The number of allylic oxidation sites excluding steroid dienone is 1. The Bertz CT molecular complexity index is 5800. The number of benzene rings is 5. The lowest BCUT2D eigenvalue weighted by Gasteiger charge is -2.47. The fourth-order valence-corrected chi connectivity index (χ4v) is 15.2. The summed E-state index contributed by atoms with van der Waals surface area (Å²) in [6.45, 7) is 13.4. The molecule has 106 heavy (non-hydrogen) atoms. The number of halogens is 7. The Kier molecular flexibility index (Phi) is 18.2. The number of carbonyl (C=O) groups is 3. The van der Waals surface area contributed by atoms with Crippen molar-refractivity contribution < 1.29 is 49.8 Å². The van der Waals surface area contributed by atoms with E-state index >= 15 is 13.2 Å². The van der Waals surface area contributed by atoms with Gasteiger partial charge in [0.2, 0.25) is 17.7 Å². The maximum atomic E-state index is 15.9. The zero-order valence-corrected chi connectivity index (χ0v) is 56.5. The van der Waals surface area contributed by atoms with Gasteiger partial charge in [0.15, 0.2) is 29.8 Å². The average Bonchev–Trinajstić information content (AvgIpc) is 1.51. The average molecular weight is 1430 g/mol. The SMILES string of the molecule is C#Cc1c(F)ccc2cccc(-c3ncc4c(N5C[C@@H]6[C@H]5CCN6C(=O)/C=C/C(F)F)ncnc4c3F)c12.C#Cc1c(F)ccc2cccc(-c3ncc4c(N5C[C@@H]6[C@H]5CCN6C(=O)C(=C)C)ncnc4c3F)c12.C=CC(=O)N1CCN(c2ccnc3c(F)c(-c4c[n+]([O-])cc5ccccc45)ncc23)CC1. The van der Waals surface area contributed by atoms with Crippen LogP contribution in [0, 0.1) is 59.0 Å². The topological polar surface area (TPSA) is 201 Å². The van der Waals surface area contributed by atoms with E-state index in [1.165, 1.54) is 49.5 Å². The maximum Gasteiger partial charge on any atom is 0.257 e. The Labute approximate surface area is 600 Å². The number of pyridine rings is 5. The van der Waals surface area contributed by atoms with E-state index in [0.717, 1.165) is 23.6 Å². The van der Waals surface area contributed by atoms with E-state index in [0.29, 0.717) is 147 Å². The number of piperazine rings is 1. The van der Waals surface area contributed by atoms with Crippen molar-refractivity contribution in [1.29, 1.82) is 0 Å². The molecule has 5 aliphatic heterocycles. The summed E-state index contributed by atoms with van der Waals surface area (Å²) in [6, 6.07) is 25.2. The van der Waals surface area contributed by atoms with Crippen LogP contribution in [0.1, 0.15) is 30.9 Å². The van der Waals surface area contributed by atoms with Crippen molar-refractivity contribution in [3.63, 3.8) is 0 Å². The third kappa shape index (κ3) is 12.0. The summed E-state index contributed by atoms with van der Waals surface area (Å²) in [5, 5.41) is 17.2. The lowest BCUT2D eigenvalue weighted by atomic mass is 9.95. The van der Waals surface area contributed by atoms with Crippen molar-refractivity contribution in [3.05, 3.63) is 223 Å². The molecular weight excluding hydrogens is 1370 g/mol. The van der Waals surface area contributed by atoms with Gasteiger partial charge >= 0.3 is 0 Å². The van der Waals surface area contributed by atoms with Crippen molar-refractivity contribution in [3.8, 4) is 58.5 Å². The van der Waals surface area contributed by atoms with Crippen LogP contribution in [-0.2, 0) is 14.4 Å². The fraction of sp³-hybridized carbons (Fsp3) is 0.200. The molecule has 26 heteroatoms. The molecule has 5 aromatic carbocycles. The maximum absolute atomic E-state index is 15.9. The number of hydrogen-bond donors (Lipinski definition) is 0. The Morgan fingerprint density at radius 3 is 1.61 bits per heavy atom. The summed E-state index contributed by atoms with van der Waals surface area (Å²) in [7, 11) is 0. The molecule has 3 amide bonds. The van der Waals surface area contributed by atoms with E-state index < -0.39 is 41.4 Å². The van der Waals surface area contributed by atoms with Crippen molar-refractivity contribution in [2.75, 3.05) is 67.1 Å². The first-order valence-corrected chi connectivity index (χ1v) is 33.8. The number of carbonyl (C=O) groups excluding carboxylic acids is 3. The van der Waals surface area contributed by atoms with Gasteiger partial charge in [0, 0.05) is 133 Å². The molecule has 12 aromatic rings. The van der Waals surface area contributed by atoms with Gasteiger partial charge in [-0.1, -0.05) is 91.7 Å². The Balaban J connectivity index is 0.000000128. The van der Waals surface area contributed by atoms with Crippen LogP contribution in [-0.4, -0.2) is 155 Å². The van der Waals surface area contributed by atoms with Crippen molar-refractivity contribution in [2.45, 2.75) is 50.4 Å². The second kappa shape index (κ2) is 28.0. The van der Waals surface area contributed by atoms with Gasteiger partial charge in [0.1, 0.15) is 69.6 Å². The smallest absolute Gasteiger partial charge is 0.257 e. The van der Waals surface area contributed by atoms with Gasteiger partial charge in [0.05, 0.1) is 51.6 Å². The summed E-state index contributed by atoms with van der Waals surface area (Å²) in [5.74, 6) is 2.20. The number of terminal acetylenes is 2. The summed E-state index contributed by atoms with van der Waals surface area (Å²) in [4.78, 5) is 82.6. The largest absolute Gasteiger partial charge is 0.619 e. The van der Waals surface area contributed by atoms with Crippen LogP contribution < -0.4 is 19.4 Å². The Morgan fingerprint density at radius 1 is 0.566 bits per heavy atom. The molecule has 5 fully saturated rings. The predicted molar refractivity (Wildman–Crippen MR) is 389 cm³/mol. The molecule has 7 aromatic heterocycles. The highest BCUT2D eigenvalue weighted by Gasteiger charge is 2.51. The molecule has 5 aliphatic rings. The molecule has 0 bridgehead atoms. The minimum absolute atomic E-state index is 0.0141. The van der Waals surface area contributed by atoms with Crippen LogP contribution in [0.15, 0.2) is 178 Å². The molecule has 528 valence electrons. The summed E-state index contributed by atoms with van der Waals surface area (Å²) in [5.41, 5.74) is 3.06. The number of alkyl halides is 2. The first-order valence-electron chi connectivity index (χ1n) is 33.8. The fourth-order valence-electron chi connectivity index (χ4n) is 15.2. The van der Waals surface area contributed by atoms with Crippen LogP contribution in [0.4, 0.5) is 48.1 Å². The highest BCUT2D eigenvalue weighted by Crippen LogP contribution is 2.44. The third-order valence-corrected chi connectivity index (χ3v) is 20.3. The number of likely N-dealkylation sites (tertiary alicyclic amines) is 2. The van der Waals surface area contributed by atoms with Gasteiger partial charge in [-0.3, -0.25) is 34.3 Å². The molecule has 0 N–H and O–H groups in total. The molecule has 0 spiro atoms. The first kappa shape index (κ1) is 68.8. The van der Waals surface area contributed by atoms with Gasteiger partial charge < -0.3 is 34.6 Å². The number of anilines is 3. The predicted octanol–water partition coefficient (Wildman–Crippen LogP) is 12.2. The summed E-state index contributed by atoms with van der Waals surface area (Å²) >= 11 is 0. The van der Waals surface area contributed by atoms with Crippen LogP contribution >= 0.6 is 0 Å². The van der Waals surface area contributed by atoms with Crippen LogP contribution in [0.3, 0.4) is 0 Å². The lowest BCUT2D eigenvalue weighted by molar-refractivity contribution is -0.603. The number of amides is 3. The zero-order chi connectivity index (χ0) is 73.9. The van der Waals surface area contributed by atoms with Gasteiger partial charge in [-0.15, -0.1) is 12.8 Å². The van der Waals surface area contributed by atoms with Gasteiger partial charge in [-0.25, -0.2) is 50.7 Å². The van der Waals surface area contributed by atoms with Gasteiger partial charge in [0.25, 0.3) is 6.43 Å². The van der Waals surface area contributed by atoms with Gasteiger partial charge in [-0.2, -0.15) is 4.73 Å². The van der Waals surface area contributed by atoms with E-state index in [9.17, 15) is 37.2 Å². The minimum atomic E-state index is -2.69. The van der Waals surface area contributed by atoms with Gasteiger partial charge in [-0.05, 0) is 67.0 Å². The summed E-state index contributed by atoms with van der Waals surface area (Å²) in [6.07, 6.45) is 24.3. The molecule has 0 unspecified atom stereocenters. The molecule has 0 saturated carbocycles. The molecule has 12 heterocycles. The van der Waals surface area contributed by atoms with E-state index in [1.807, 2.05) is 34.1 Å². The number of fused-ring (bicyclic) bond motifs is 8. The monoisotopic (exact) mass is 1430 g/mol. The molecule has 17 rings (SSSR count). The molecule has 0 radical (unpaired) electrons. The highest BCUT2D eigenvalue weighted by molar-refractivity contribution is 6.05. The normalized spacial score (nSPS) is 17.4. The minimum Gasteiger partial charge on any atom is -0.619 e. The second-order valence-corrected chi connectivity index (χ2v) is 26.0. The zero-order valence-electron chi connectivity index (χ0n) is 56.5. The van der Waals surface area contributed by atoms with E-state index in [4.69, 9.17) is 12.8 Å². The second-order valence-electron chi connectivity index (χ2n) is 26.0. The first-order chi connectivity index (χ1) is 51.3. The highest BCUT2D eigenvalue weighted by atomic mass is 19.3. The number of hydrogen-bond acceptors (Lipinski definition) is 15. The van der Waals surface area contributed by atoms with Crippen LogP contribution in [0.2, 0.25) is 0 Å². The third-order valence-electron chi connectivity index (χ3n) is 20.3. The molecule has 4 atom stereocenters. The van der Waals surface area contributed by atoms with Crippen molar-refractivity contribution in [2.24, 2.45) is 0 Å². The van der Waals surface area contributed by atoms with Crippen LogP contribution in [0.25, 0.3) is 98.8 Å². The molecular formula is C80H60F7N15O4. The van der Waals surface area contributed by atoms with Crippen molar-refractivity contribution >= 4 is 100 Å². The molecule has 5 saturated heterocycles. The quantitative estimate of drug-likeness (QED) is 0.0411. The molecule has 0 aliphatic carbocycles. The molecule has 19 nitrogen and oxygen atoms in total. The Morgan fingerprint density at radius 2 is 1.08 bits per heavy atom. The van der Waals surface area contributed by atoms with Crippen LogP contribution in [0.5, 0.6) is 0 Å². The lowest BCUT2D eigenvalue weighted by Crippen LogP contribution is -2.63. The van der Waals surface area contributed by atoms with E-state index in [-0.39, 0.29) is 80.7 Å². The number of nitrogens with zero attached hydrogens (tertiary/aromatic N) is 15. The number of aromatic nitrogens is 9. The Hall–Kier alpha value is -13.0. The van der Waals surface area contributed by atoms with E-state index in [2.05, 4.69) is 74.7 Å². The standard InChI is InChI=1S/C28H19F4N5O.C28H21F2N5O.C24H20FN5O2/c1-2-16-19(29)7-6-15-4-3-5-17(24(15)16)26-25(32)27-18(12-33-26)28(35-14-34-27)37-13-21-20(37)10-11-36(21)23(38)9-8-22(30)31;1-4-17-20(29)9-8-16-6-5-7-18(23(16)17)25-24(30)26-19(12-31-25)27(33-14-32-26)35-13-22-21(35)10-11-34(22)28(36)15(2)3;1-2-21(31)29-11-9-28(10-12-29)20-7-8-26-23-18(20)13-27-24(22(23)25)19-15-30(32)14-16-5-3-4-6-17(16)19/h1,3-9,12,14,20-22H,10-11,13H2;1,5-9,12,14,21-22H,2,10-11,13H2,3H3;2-8,13-15H,1,9-12H2/b9-8+;;/t20-,21-;21-,22-;/m11./s1. The van der Waals surface area contributed by atoms with E-state index in [1.54, 1.807) is 89.9 Å². The summed E-state index contributed by atoms with van der Waals surface area (Å²) < 4.78 is 102.